The fourth-order valence-electron chi connectivity index (χ4n) is 4.48. The molecule has 0 aromatic heterocycles. The second-order valence-electron chi connectivity index (χ2n) is 9.40. The van der Waals surface area contributed by atoms with Gasteiger partial charge in [0.15, 0.2) is 5.78 Å². The van der Waals surface area contributed by atoms with E-state index in [0.29, 0.717) is 62.5 Å². The smallest absolute Gasteiger partial charge is 0.220 e. The van der Waals surface area contributed by atoms with Crippen molar-refractivity contribution in [1.29, 1.82) is 0 Å². The van der Waals surface area contributed by atoms with Gasteiger partial charge < -0.3 is 29.5 Å². The maximum atomic E-state index is 12.8. The predicted molar refractivity (Wildman–Crippen MR) is 142 cm³/mol. The molecule has 37 heavy (non-hydrogen) atoms. The van der Waals surface area contributed by atoms with E-state index in [1.165, 1.54) is 0 Å². The Kier molecular flexibility index (Phi) is 11.9. The second-order valence-corrected chi connectivity index (χ2v) is 9.40. The molecule has 1 fully saturated rings. The Bertz CT molecular complexity index is 957. The number of rotatable bonds is 16. The number of amides is 1. The Morgan fingerprint density at radius 2 is 1.57 bits per heavy atom. The molecule has 1 aliphatic heterocycles. The van der Waals surface area contributed by atoms with E-state index in [4.69, 9.17) is 14.2 Å². The summed E-state index contributed by atoms with van der Waals surface area (Å²) in [5, 5.41) is 14.2. The zero-order chi connectivity index (χ0) is 26.5. The van der Waals surface area contributed by atoms with Gasteiger partial charge in [0.05, 0.1) is 19.8 Å². The van der Waals surface area contributed by atoms with E-state index in [-0.39, 0.29) is 11.7 Å². The van der Waals surface area contributed by atoms with Crippen LogP contribution in [0.5, 0.6) is 11.5 Å². The third kappa shape index (κ3) is 9.46. The van der Waals surface area contributed by atoms with Crippen LogP contribution in [0, 0.1) is 0 Å². The van der Waals surface area contributed by atoms with Crippen LogP contribution < -0.4 is 14.8 Å². The molecule has 0 spiro atoms. The van der Waals surface area contributed by atoms with Crippen LogP contribution in [0.3, 0.4) is 0 Å². The standard InChI is InChI=1S/C29H40N2O6/c1-35-19-20-37-25-15-11-23(12-16-25)29(34)26(21-31-17-5-6-18-31)30-28(33)8-4-3-7-27(32)22-9-13-24(36-2)14-10-22/h9-16,26,29,34H,3-8,17-21H2,1-2H3,(H,30,33)/t26-,29-/m1/s1. The predicted octanol–water partition coefficient (Wildman–Crippen LogP) is 3.78. The Balaban J connectivity index is 1.49. The lowest BCUT2D eigenvalue weighted by Gasteiger charge is -2.29. The number of carbonyl (C=O) groups is 2. The number of nitrogens with zero attached hydrogens (tertiary/aromatic N) is 1. The first kappa shape index (κ1) is 28.6. The number of ketones is 1. The summed E-state index contributed by atoms with van der Waals surface area (Å²) in [5.74, 6) is 1.36. The SMILES string of the molecule is COCCOc1ccc([C@@H](O)[C@@H](CN2CCCC2)NC(=O)CCCCC(=O)c2ccc(OC)cc2)cc1. The number of nitrogens with one attached hydrogen (secondary N) is 1. The van der Waals surface area contributed by atoms with Crippen LogP contribution in [-0.2, 0) is 9.53 Å². The van der Waals surface area contributed by atoms with Gasteiger partial charge in [-0.3, -0.25) is 9.59 Å². The summed E-state index contributed by atoms with van der Waals surface area (Å²) in [6.07, 6.45) is 3.35. The topological polar surface area (TPSA) is 97.3 Å². The van der Waals surface area contributed by atoms with Crippen LogP contribution >= 0.6 is 0 Å². The molecule has 2 aromatic rings. The number of methoxy groups -OCH3 is 2. The highest BCUT2D eigenvalue weighted by Gasteiger charge is 2.26. The second kappa shape index (κ2) is 15.3. The number of ether oxygens (including phenoxy) is 3. The maximum Gasteiger partial charge on any atom is 0.220 e. The number of hydrogen-bond acceptors (Lipinski definition) is 7. The van der Waals surface area contributed by atoms with Crippen LogP contribution in [0.15, 0.2) is 48.5 Å². The highest BCUT2D eigenvalue weighted by Crippen LogP contribution is 2.23. The minimum Gasteiger partial charge on any atom is -0.497 e. The number of likely N-dealkylation sites (tertiary alicyclic amines) is 1. The molecule has 1 heterocycles. The fourth-order valence-corrected chi connectivity index (χ4v) is 4.48. The summed E-state index contributed by atoms with van der Waals surface area (Å²) in [6.45, 7) is 3.49. The van der Waals surface area contributed by atoms with Crippen molar-refractivity contribution < 1.29 is 28.9 Å². The van der Waals surface area contributed by atoms with E-state index in [1.54, 1.807) is 38.5 Å². The fraction of sp³-hybridized carbons (Fsp3) is 0.517. The first-order chi connectivity index (χ1) is 18.0. The van der Waals surface area contributed by atoms with Crippen molar-refractivity contribution in [2.24, 2.45) is 0 Å². The van der Waals surface area contributed by atoms with E-state index < -0.39 is 12.1 Å². The molecule has 2 aromatic carbocycles. The summed E-state index contributed by atoms with van der Waals surface area (Å²) in [7, 11) is 3.21. The monoisotopic (exact) mass is 512 g/mol. The molecule has 8 heteroatoms. The third-order valence-corrected chi connectivity index (χ3v) is 6.63. The molecule has 0 bridgehead atoms. The van der Waals surface area contributed by atoms with Gasteiger partial charge in [-0.25, -0.2) is 0 Å². The Morgan fingerprint density at radius 1 is 0.919 bits per heavy atom. The van der Waals surface area contributed by atoms with Crippen LogP contribution in [-0.4, -0.2) is 74.8 Å². The van der Waals surface area contributed by atoms with E-state index in [9.17, 15) is 14.7 Å². The molecular weight excluding hydrogens is 472 g/mol. The van der Waals surface area contributed by atoms with Crippen molar-refractivity contribution in [3.63, 3.8) is 0 Å². The van der Waals surface area contributed by atoms with Gasteiger partial charge in [0, 0.05) is 32.1 Å². The van der Waals surface area contributed by atoms with Crippen LogP contribution in [0.1, 0.15) is 60.6 Å². The van der Waals surface area contributed by atoms with E-state index >= 15 is 0 Å². The highest BCUT2D eigenvalue weighted by atomic mass is 16.5. The van der Waals surface area contributed by atoms with Gasteiger partial charge in [0.1, 0.15) is 24.2 Å². The molecule has 2 atom stereocenters. The summed E-state index contributed by atoms with van der Waals surface area (Å²) < 4.78 is 15.7. The van der Waals surface area contributed by atoms with Gasteiger partial charge in [-0.2, -0.15) is 0 Å². The summed E-state index contributed by atoms with van der Waals surface area (Å²) in [5.41, 5.74) is 1.38. The van der Waals surface area contributed by atoms with Crippen molar-refractivity contribution in [2.45, 2.75) is 50.7 Å². The van der Waals surface area contributed by atoms with E-state index in [2.05, 4.69) is 10.2 Å². The first-order valence-electron chi connectivity index (χ1n) is 13.1. The van der Waals surface area contributed by atoms with Gasteiger partial charge in [0.25, 0.3) is 0 Å². The minimum atomic E-state index is -0.839. The molecule has 1 aliphatic rings. The van der Waals surface area contributed by atoms with E-state index in [0.717, 1.165) is 31.5 Å². The largest absolute Gasteiger partial charge is 0.497 e. The average Bonchev–Trinajstić information content (AvgIpc) is 3.44. The minimum absolute atomic E-state index is 0.0556. The number of benzene rings is 2. The van der Waals surface area contributed by atoms with Gasteiger partial charge in [-0.1, -0.05) is 12.1 Å². The van der Waals surface area contributed by atoms with Gasteiger partial charge in [-0.15, -0.1) is 0 Å². The zero-order valence-electron chi connectivity index (χ0n) is 22.0. The maximum absolute atomic E-state index is 12.8. The highest BCUT2D eigenvalue weighted by molar-refractivity contribution is 5.96. The van der Waals surface area contributed by atoms with Crippen LogP contribution in [0.25, 0.3) is 0 Å². The van der Waals surface area contributed by atoms with Crippen molar-refractivity contribution in [3.05, 3.63) is 59.7 Å². The van der Waals surface area contributed by atoms with Gasteiger partial charge in [0.2, 0.25) is 5.91 Å². The van der Waals surface area contributed by atoms with Crippen molar-refractivity contribution in [3.8, 4) is 11.5 Å². The first-order valence-corrected chi connectivity index (χ1v) is 13.1. The molecule has 1 amide bonds. The molecule has 0 unspecified atom stereocenters. The average molecular weight is 513 g/mol. The number of hydrogen-bond donors (Lipinski definition) is 2. The molecule has 1 saturated heterocycles. The molecule has 2 N–H and O–H groups in total. The van der Waals surface area contributed by atoms with E-state index in [1.807, 2.05) is 24.3 Å². The number of unbranched alkanes of at least 4 members (excludes halogenated alkanes) is 1. The number of carbonyl (C=O) groups excluding carboxylic acids is 2. The van der Waals surface area contributed by atoms with Gasteiger partial charge in [-0.05, 0) is 80.7 Å². The summed E-state index contributed by atoms with van der Waals surface area (Å²) in [4.78, 5) is 27.5. The van der Waals surface area contributed by atoms with Crippen molar-refractivity contribution >= 4 is 11.7 Å². The molecule has 0 saturated carbocycles. The van der Waals surface area contributed by atoms with Crippen molar-refractivity contribution in [2.75, 3.05) is 47.1 Å². The third-order valence-electron chi connectivity index (χ3n) is 6.63. The molecular formula is C29H40N2O6. The van der Waals surface area contributed by atoms with Crippen LogP contribution in [0.2, 0.25) is 0 Å². The quantitative estimate of drug-likeness (QED) is 0.261. The molecule has 0 radical (unpaired) electrons. The Hall–Kier alpha value is -2.94. The van der Waals surface area contributed by atoms with Crippen molar-refractivity contribution in [1.82, 2.24) is 10.2 Å². The number of aliphatic hydroxyl groups is 1. The van der Waals surface area contributed by atoms with Crippen LogP contribution in [0.4, 0.5) is 0 Å². The van der Waals surface area contributed by atoms with Gasteiger partial charge >= 0.3 is 0 Å². The Labute approximate surface area is 219 Å². The lowest BCUT2D eigenvalue weighted by molar-refractivity contribution is -0.123. The molecule has 8 nitrogen and oxygen atoms in total. The lowest BCUT2D eigenvalue weighted by Crippen LogP contribution is -2.46. The number of aliphatic hydroxyl groups excluding tert-OH is 1. The lowest BCUT2D eigenvalue weighted by atomic mass is 10.0. The molecule has 0 aliphatic carbocycles. The Morgan fingerprint density at radius 3 is 2.22 bits per heavy atom. The number of Topliss-reactive ketones (excluding diaryl/α,β-unsaturated/α-hetero) is 1. The normalized spacial score (nSPS) is 15.2. The summed E-state index contributed by atoms with van der Waals surface area (Å²) in [6, 6.07) is 14.0. The summed E-state index contributed by atoms with van der Waals surface area (Å²) >= 11 is 0. The molecule has 202 valence electrons. The zero-order valence-corrected chi connectivity index (χ0v) is 22.0. The molecule has 3 rings (SSSR count).